The third-order valence-electron chi connectivity index (χ3n) is 4.62. The van der Waals surface area contributed by atoms with Crippen LogP contribution in [0.3, 0.4) is 0 Å². The van der Waals surface area contributed by atoms with Gasteiger partial charge in [-0.1, -0.05) is 13.0 Å². The summed E-state index contributed by atoms with van der Waals surface area (Å²) in [4.78, 5) is 13.4. The quantitative estimate of drug-likeness (QED) is 0.897. The summed E-state index contributed by atoms with van der Waals surface area (Å²) in [5, 5.41) is 3.48. The number of carbonyl (C=O) groups is 1. The van der Waals surface area contributed by atoms with Crippen LogP contribution >= 0.6 is 11.8 Å². The third kappa shape index (κ3) is 2.34. The Balaban J connectivity index is 2.02. The van der Waals surface area contributed by atoms with Crippen molar-refractivity contribution in [2.75, 3.05) is 18.8 Å². The molecule has 0 saturated carbocycles. The molecular formula is C16H21NOS. The molecule has 0 radical (unpaired) electrons. The van der Waals surface area contributed by atoms with E-state index in [-0.39, 0.29) is 5.41 Å². The molecule has 1 unspecified atom stereocenters. The van der Waals surface area contributed by atoms with E-state index in [4.69, 9.17) is 0 Å². The fourth-order valence-electron chi connectivity index (χ4n) is 3.25. The molecule has 1 atom stereocenters. The Bertz CT molecular complexity index is 492. The number of ketones is 1. The van der Waals surface area contributed by atoms with E-state index in [0.29, 0.717) is 12.2 Å². The molecule has 0 bridgehead atoms. The highest BCUT2D eigenvalue weighted by molar-refractivity contribution is 7.99. The molecule has 2 aliphatic heterocycles. The summed E-state index contributed by atoms with van der Waals surface area (Å²) < 4.78 is 0. The number of Topliss-reactive ketones (excluding diaryl/α,β-unsaturated/α-hetero) is 1. The molecular weight excluding hydrogens is 254 g/mol. The minimum atomic E-state index is 0.242. The van der Waals surface area contributed by atoms with Crippen molar-refractivity contribution in [3.8, 4) is 0 Å². The van der Waals surface area contributed by atoms with Crippen LogP contribution in [-0.2, 0) is 5.41 Å². The van der Waals surface area contributed by atoms with E-state index in [9.17, 15) is 4.79 Å². The van der Waals surface area contributed by atoms with Crippen molar-refractivity contribution in [2.45, 2.75) is 42.9 Å². The van der Waals surface area contributed by atoms with Crippen LogP contribution in [0.4, 0.5) is 0 Å². The maximum absolute atomic E-state index is 12.2. The van der Waals surface area contributed by atoms with Crippen molar-refractivity contribution in [2.24, 2.45) is 0 Å². The molecule has 1 aromatic rings. The predicted octanol–water partition coefficient (Wildman–Crippen LogP) is 3.40. The van der Waals surface area contributed by atoms with Crippen molar-refractivity contribution >= 4 is 17.5 Å². The molecule has 1 fully saturated rings. The van der Waals surface area contributed by atoms with E-state index >= 15 is 0 Å². The number of hydrogen-bond donors (Lipinski definition) is 1. The number of rotatable bonds is 2. The van der Waals surface area contributed by atoms with Crippen LogP contribution in [0.5, 0.6) is 0 Å². The SMILES string of the molecule is CCC1(c2ccc3c(c2)C(=O)CCCS3)CCNC1. The van der Waals surface area contributed by atoms with E-state index in [0.717, 1.165) is 37.2 Å². The lowest BCUT2D eigenvalue weighted by Crippen LogP contribution is -2.28. The Morgan fingerprint density at radius 2 is 2.32 bits per heavy atom. The van der Waals surface area contributed by atoms with Crippen molar-refractivity contribution in [3.63, 3.8) is 0 Å². The molecule has 0 amide bonds. The number of nitrogens with one attached hydrogen (secondary N) is 1. The highest BCUT2D eigenvalue weighted by Gasteiger charge is 2.34. The molecule has 102 valence electrons. The Hall–Kier alpha value is -0.800. The van der Waals surface area contributed by atoms with Gasteiger partial charge in [0.15, 0.2) is 5.78 Å². The summed E-state index contributed by atoms with van der Waals surface area (Å²) >= 11 is 1.83. The molecule has 3 heteroatoms. The van der Waals surface area contributed by atoms with Gasteiger partial charge in [0.2, 0.25) is 0 Å². The van der Waals surface area contributed by atoms with E-state index in [1.807, 2.05) is 11.8 Å². The second-order valence-corrected chi connectivity index (χ2v) is 6.78. The number of fused-ring (bicyclic) bond motifs is 1. The van der Waals surface area contributed by atoms with Crippen LogP contribution in [0.1, 0.15) is 48.5 Å². The topological polar surface area (TPSA) is 29.1 Å². The zero-order valence-corrected chi connectivity index (χ0v) is 12.3. The molecule has 2 heterocycles. The second-order valence-electron chi connectivity index (χ2n) is 5.65. The van der Waals surface area contributed by atoms with Crippen LogP contribution in [0, 0.1) is 0 Å². The molecule has 1 N–H and O–H groups in total. The lowest BCUT2D eigenvalue weighted by Gasteiger charge is -2.28. The predicted molar refractivity (Wildman–Crippen MR) is 80.2 cm³/mol. The summed E-state index contributed by atoms with van der Waals surface area (Å²) in [6.45, 7) is 4.40. The van der Waals surface area contributed by atoms with Gasteiger partial charge in [0, 0.05) is 28.8 Å². The van der Waals surface area contributed by atoms with Crippen LogP contribution in [0.2, 0.25) is 0 Å². The van der Waals surface area contributed by atoms with Gasteiger partial charge >= 0.3 is 0 Å². The first kappa shape index (κ1) is 13.2. The second kappa shape index (κ2) is 5.29. The summed E-state index contributed by atoms with van der Waals surface area (Å²) in [7, 11) is 0. The first-order chi connectivity index (χ1) is 9.25. The van der Waals surface area contributed by atoms with Crippen LogP contribution < -0.4 is 5.32 Å². The minimum absolute atomic E-state index is 0.242. The number of carbonyl (C=O) groups excluding carboxylic acids is 1. The molecule has 1 saturated heterocycles. The summed E-state index contributed by atoms with van der Waals surface area (Å²) in [5.41, 5.74) is 2.57. The van der Waals surface area contributed by atoms with E-state index < -0.39 is 0 Å². The van der Waals surface area contributed by atoms with Gasteiger partial charge in [0.25, 0.3) is 0 Å². The summed E-state index contributed by atoms with van der Waals surface area (Å²) in [6, 6.07) is 6.61. The van der Waals surface area contributed by atoms with Crippen molar-refractivity contribution in [3.05, 3.63) is 29.3 Å². The Morgan fingerprint density at radius 3 is 3.05 bits per heavy atom. The highest BCUT2D eigenvalue weighted by Crippen LogP contribution is 2.37. The molecule has 19 heavy (non-hydrogen) atoms. The van der Waals surface area contributed by atoms with Crippen molar-refractivity contribution < 1.29 is 4.79 Å². The van der Waals surface area contributed by atoms with Gasteiger partial charge in [-0.05, 0) is 49.3 Å². The smallest absolute Gasteiger partial charge is 0.164 e. The van der Waals surface area contributed by atoms with E-state index in [1.165, 1.54) is 16.9 Å². The lowest BCUT2D eigenvalue weighted by molar-refractivity contribution is 0.0980. The Labute approximate surface area is 119 Å². The summed E-state index contributed by atoms with van der Waals surface area (Å²) in [6.07, 6.45) is 4.04. The third-order valence-corrected chi connectivity index (χ3v) is 5.78. The average Bonchev–Trinajstić information content (AvgIpc) is 2.86. The Morgan fingerprint density at radius 1 is 1.42 bits per heavy atom. The maximum Gasteiger partial charge on any atom is 0.164 e. The lowest BCUT2D eigenvalue weighted by atomic mass is 9.77. The molecule has 0 aliphatic carbocycles. The molecule has 2 nitrogen and oxygen atoms in total. The maximum atomic E-state index is 12.2. The van der Waals surface area contributed by atoms with Gasteiger partial charge in [0.1, 0.15) is 0 Å². The zero-order valence-electron chi connectivity index (χ0n) is 11.5. The molecule has 1 aromatic carbocycles. The average molecular weight is 275 g/mol. The van der Waals surface area contributed by atoms with Gasteiger partial charge in [-0.2, -0.15) is 0 Å². The minimum Gasteiger partial charge on any atom is -0.316 e. The summed E-state index contributed by atoms with van der Waals surface area (Å²) in [5.74, 6) is 1.40. The number of hydrogen-bond acceptors (Lipinski definition) is 3. The standard InChI is InChI=1S/C16H21NOS/c1-2-16(7-8-17-11-16)12-5-6-15-13(10-12)14(18)4-3-9-19-15/h5-6,10,17H,2-4,7-9,11H2,1H3. The zero-order chi connectivity index (χ0) is 13.3. The van der Waals surface area contributed by atoms with Crippen LogP contribution in [-0.4, -0.2) is 24.6 Å². The molecule has 2 aliphatic rings. The monoisotopic (exact) mass is 275 g/mol. The van der Waals surface area contributed by atoms with Gasteiger partial charge < -0.3 is 5.32 Å². The van der Waals surface area contributed by atoms with Gasteiger partial charge in [0.05, 0.1) is 0 Å². The van der Waals surface area contributed by atoms with Crippen LogP contribution in [0.15, 0.2) is 23.1 Å². The van der Waals surface area contributed by atoms with E-state index in [2.05, 4.69) is 30.4 Å². The largest absolute Gasteiger partial charge is 0.316 e. The molecule has 0 spiro atoms. The number of benzene rings is 1. The number of thioether (sulfide) groups is 1. The van der Waals surface area contributed by atoms with Crippen LogP contribution in [0.25, 0.3) is 0 Å². The first-order valence-electron chi connectivity index (χ1n) is 7.26. The fourth-order valence-corrected chi connectivity index (χ4v) is 4.25. The molecule has 0 aromatic heterocycles. The first-order valence-corrected chi connectivity index (χ1v) is 8.25. The molecule has 3 rings (SSSR count). The van der Waals surface area contributed by atoms with E-state index in [1.54, 1.807) is 0 Å². The fraction of sp³-hybridized carbons (Fsp3) is 0.562. The van der Waals surface area contributed by atoms with Gasteiger partial charge in [-0.15, -0.1) is 11.8 Å². The Kier molecular flexibility index (Phi) is 3.68. The highest BCUT2D eigenvalue weighted by atomic mass is 32.2. The van der Waals surface area contributed by atoms with Crippen molar-refractivity contribution in [1.29, 1.82) is 0 Å². The van der Waals surface area contributed by atoms with Crippen molar-refractivity contribution in [1.82, 2.24) is 5.32 Å². The van der Waals surface area contributed by atoms with Gasteiger partial charge in [-0.3, -0.25) is 4.79 Å². The van der Waals surface area contributed by atoms with Gasteiger partial charge in [-0.25, -0.2) is 0 Å². The normalized spacial score (nSPS) is 27.1.